The Morgan fingerprint density at radius 1 is 1.50 bits per heavy atom. The van der Waals surface area contributed by atoms with Gasteiger partial charge < -0.3 is 14.0 Å². The smallest absolute Gasteiger partial charge is 0.213 e. The van der Waals surface area contributed by atoms with Gasteiger partial charge in [0, 0.05) is 5.56 Å². The molecule has 0 bridgehead atoms. The summed E-state index contributed by atoms with van der Waals surface area (Å²) in [6.07, 6.45) is 1.88. The molecule has 18 heavy (non-hydrogen) atoms. The third kappa shape index (κ3) is 2.60. The highest BCUT2D eigenvalue weighted by Crippen LogP contribution is 2.36. The van der Waals surface area contributed by atoms with E-state index in [9.17, 15) is 4.79 Å². The molecule has 0 aliphatic heterocycles. The predicted octanol–water partition coefficient (Wildman–Crippen LogP) is 2.12. The van der Waals surface area contributed by atoms with Crippen LogP contribution in [0.1, 0.15) is 16.2 Å². The Kier molecular flexibility index (Phi) is 3.78. The highest BCUT2D eigenvalue weighted by atomic mass is 35.5. The fourth-order valence-electron chi connectivity index (χ4n) is 1.34. The molecule has 0 N–H and O–H groups in total. The molecule has 0 amide bonds. The average molecular weight is 269 g/mol. The Morgan fingerprint density at radius 3 is 2.94 bits per heavy atom. The molecule has 7 heteroatoms. The molecule has 0 aliphatic rings. The Bertz CT molecular complexity index is 542. The number of aromatic nitrogens is 2. The molecule has 2 rings (SSSR count). The van der Waals surface area contributed by atoms with Crippen molar-refractivity contribution in [2.45, 2.75) is 6.61 Å². The Morgan fingerprint density at radius 2 is 2.33 bits per heavy atom. The van der Waals surface area contributed by atoms with Gasteiger partial charge in [-0.15, -0.1) is 0 Å². The molecule has 94 valence electrons. The number of hydrogen-bond acceptors (Lipinski definition) is 6. The van der Waals surface area contributed by atoms with Crippen LogP contribution in [-0.4, -0.2) is 23.5 Å². The molecule has 1 aromatic carbocycles. The number of rotatable bonds is 5. The molecule has 0 unspecified atom stereocenters. The molecule has 0 atom stereocenters. The second-order valence-corrected chi connectivity index (χ2v) is 3.70. The van der Waals surface area contributed by atoms with E-state index in [1.807, 2.05) is 0 Å². The van der Waals surface area contributed by atoms with Crippen LogP contribution in [0, 0.1) is 0 Å². The SMILES string of the molecule is COc1cc(C=O)cc(Cl)c1OCc1ncon1. The minimum absolute atomic E-state index is 0.0903. The van der Waals surface area contributed by atoms with E-state index in [0.717, 1.165) is 0 Å². The first kappa shape index (κ1) is 12.4. The molecule has 0 spiro atoms. The van der Waals surface area contributed by atoms with Crippen LogP contribution in [0.4, 0.5) is 0 Å². The Labute approximate surface area is 107 Å². The van der Waals surface area contributed by atoms with Crippen molar-refractivity contribution in [3.8, 4) is 11.5 Å². The van der Waals surface area contributed by atoms with Crippen molar-refractivity contribution >= 4 is 17.9 Å². The minimum atomic E-state index is 0.0903. The average Bonchev–Trinajstić information content (AvgIpc) is 2.89. The number of hydrogen-bond donors (Lipinski definition) is 0. The lowest BCUT2D eigenvalue weighted by molar-refractivity contribution is 0.112. The summed E-state index contributed by atoms with van der Waals surface area (Å²) in [6.45, 7) is 0.0903. The van der Waals surface area contributed by atoms with E-state index in [-0.39, 0.29) is 11.6 Å². The van der Waals surface area contributed by atoms with Gasteiger partial charge in [-0.25, -0.2) is 0 Å². The minimum Gasteiger partial charge on any atom is -0.493 e. The van der Waals surface area contributed by atoms with E-state index < -0.39 is 0 Å². The number of carbonyl (C=O) groups is 1. The van der Waals surface area contributed by atoms with E-state index in [0.29, 0.717) is 29.2 Å². The van der Waals surface area contributed by atoms with E-state index in [1.165, 1.54) is 25.6 Å². The van der Waals surface area contributed by atoms with Gasteiger partial charge >= 0.3 is 0 Å². The third-order valence-electron chi connectivity index (χ3n) is 2.14. The van der Waals surface area contributed by atoms with Gasteiger partial charge in [0.15, 0.2) is 18.1 Å². The van der Waals surface area contributed by atoms with Gasteiger partial charge in [0.2, 0.25) is 12.2 Å². The summed E-state index contributed by atoms with van der Waals surface area (Å²) in [5, 5.41) is 3.88. The van der Waals surface area contributed by atoms with Crippen molar-refractivity contribution in [1.82, 2.24) is 10.1 Å². The fraction of sp³-hybridized carbons (Fsp3) is 0.182. The summed E-state index contributed by atoms with van der Waals surface area (Å²) >= 11 is 6.00. The molecule has 1 aromatic heterocycles. The molecule has 0 aliphatic carbocycles. The van der Waals surface area contributed by atoms with Crippen molar-refractivity contribution in [3.05, 3.63) is 34.9 Å². The van der Waals surface area contributed by atoms with Gasteiger partial charge in [-0.05, 0) is 12.1 Å². The second-order valence-electron chi connectivity index (χ2n) is 3.29. The summed E-state index contributed by atoms with van der Waals surface area (Å²) in [7, 11) is 1.46. The maximum absolute atomic E-state index is 10.7. The quantitative estimate of drug-likeness (QED) is 0.773. The highest BCUT2D eigenvalue weighted by molar-refractivity contribution is 6.32. The van der Waals surface area contributed by atoms with Crippen LogP contribution in [-0.2, 0) is 6.61 Å². The summed E-state index contributed by atoms with van der Waals surface area (Å²) < 4.78 is 15.1. The first-order valence-electron chi connectivity index (χ1n) is 4.95. The van der Waals surface area contributed by atoms with Crippen LogP contribution in [0.2, 0.25) is 5.02 Å². The molecule has 0 radical (unpaired) electrons. The van der Waals surface area contributed by atoms with E-state index in [2.05, 4.69) is 14.7 Å². The van der Waals surface area contributed by atoms with Crippen molar-refractivity contribution in [2.75, 3.05) is 7.11 Å². The maximum atomic E-state index is 10.7. The molecule has 6 nitrogen and oxygen atoms in total. The third-order valence-corrected chi connectivity index (χ3v) is 2.42. The summed E-state index contributed by atoms with van der Waals surface area (Å²) in [5.41, 5.74) is 0.406. The summed E-state index contributed by atoms with van der Waals surface area (Å²) in [4.78, 5) is 14.5. The van der Waals surface area contributed by atoms with Gasteiger partial charge in [0.25, 0.3) is 0 Å². The molecule has 1 heterocycles. The van der Waals surface area contributed by atoms with Gasteiger partial charge in [-0.2, -0.15) is 4.98 Å². The number of halogens is 1. The van der Waals surface area contributed by atoms with Crippen LogP contribution < -0.4 is 9.47 Å². The monoisotopic (exact) mass is 268 g/mol. The van der Waals surface area contributed by atoms with Gasteiger partial charge in [0.1, 0.15) is 6.29 Å². The lowest BCUT2D eigenvalue weighted by Gasteiger charge is -2.11. The number of nitrogens with zero attached hydrogens (tertiary/aromatic N) is 2. The van der Waals surface area contributed by atoms with Crippen LogP contribution in [0.25, 0.3) is 0 Å². The molecule has 0 saturated heterocycles. The van der Waals surface area contributed by atoms with Crippen molar-refractivity contribution in [1.29, 1.82) is 0 Å². The standard InChI is InChI=1S/C11H9ClN2O4/c1-16-9-3-7(4-15)2-8(12)11(9)17-5-10-13-6-18-14-10/h2-4,6H,5H2,1H3. The van der Waals surface area contributed by atoms with Gasteiger partial charge in [0.05, 0.1) is 12.1 Å². The maximum Gasteiger partial charge on any atom is 0.213 e. The first-order chi connectivity index (χ1) is 8.74. The highest BCUT2D eigenvalue weighted by Gasteiger charge is 2.13. The zero-order chi connectivity index (χ0) is 13.0. The zero-order valence-corrected chi connectivity index (χ0v) is 10.2. The van der Waals surface area contributed by atoms with E-state index in [1.54, 1.807) is 0 Å². The van der Waals surface area contributed by atoms with Gasteiger partial charge in [-0.3, -0.25) is 4.79 Å². The van der Waals surface area contributed by atoms with Crippen LogP contribution in [0.15, 0.2) is 23.0 Å². The van der Waals surface area contributed by atoms with Crippen LogP contribution >= 0.6 is 11.6 Å². The summed E-state index contributed by atoms with van der Waals surface area (Å²) in [6, 6.07) is 3.02. The van der Waals surface area contributed by atoms with Crippen molar-refractivity contribution in [2.24, 2.45) is 0 Å². The van der Waals surface area contributed by atoms with E-state index in [4.69, 9.17) is 21.1 Å². The Balaban J connectivity index is 2.23. The largest absolute Gasteiger partial charge is 0.493 e. The van der Waals surface area contributed by atoms with Gasteiger partial charge in [-0.1, -0.05) is 16.8 Å². The second kappa shape index (κ2) is 5.50. The topological polar surface area (TPSA) is 74.5 Å². The lowest BCUT2D eigenvalue weighted by Crippen LogP contribution is -2.00. The van der Waals surface area contributed by atoms with E-state index >= 15 is 0 Å². The molecule has 0 saturated carbocycles. The Hall–Kier alpha value is -2.08. The molecule has 2 aromatic rings. The lowest BCUT2D eigenvalue weighted by atomic mass is 10.2. The van der Waals surface area contributed by atoms with Crippen LogP contribution in [0.5, 0.6) is 11.5 Å². The number of carbonyl (C=O) groups excluding carboxylic acids is 1. The zero-order valence-electron chi connectivity index (χ0n) is 9.42. The molecular formula is C11H9ClN2O4. The number of ether oxygens (including phenoxy) is 2. The normalized spacial score (nSPS) is 10.1. The predicted molar refractivity (Wildman–Crippen MR) is 62.0 cm³/mol. The first-order valence-corrected chi connectivity index (χ1v) is 5.33. The number of benzene rings is 1. The fourth-order valence-corrected chi connectivity index (χ4v) is 1.61. The van der Waals surface area contributed by atoms with Crippen molar-refractivity contribution in [3.63, 3.8) is 0 Å². The van der Waals surface area contributed by atoms with Crippen LogP contribution in [0.3, 0.4) is 0 Å². The number of methoxy groups -OCH3 is 1. The molecule has 0 fully saturated rings. The summed E-state index contributed by atoms with van der Waals surface area (Å²) in [5.74, 6) is 1.08. The number of aldehydes is 1. The molecular weight excluding hydrogens is 260 g/mol. The van der Waals surface area contributed by atoms with Crippen molar-refractivity contribution < 1.29 is 18.8 Å².